The first-order valence-corrected chi connectivity index (χ1v) is 8.62. The average Bonchev–Trinajstić information content (AvgIpc) is 3.31. The first-order valence-electron chi connectivity index (χ1n) is 8.62. The zero-order valence-corrected chi connectivity index (χ0v) is 13.9. The van der Waals surface area contributed by atoms with Crippen LogP contribution in [-0.4, -0.2) is 45.4 Å². The highest BCUT2D eigenvalue weighted by Crippen LogP contribution is 2.27. The summed E-state index contributed by atoms with van der Waals surface area (Å²) in [5.41, 5.74) is 2.27. The fourth-order valence-electron chi connectivity index (χ4n) is 2.99. The fraction of sp³-hybridized carbons (Fsp3) is 0.444. The minimum Gasteiger partial charge on any atom is -0.350 e. The van der Waals surface area contributed by atoms with Gasteiger partial charge in [-0.05, 0) is 36.5 Å². The van der Waals surface area contributed by atoms with Gasteiger partial charge in [-0.3, -0.25) is 9.69 Å². The van der Waals surface area contributed by atoms with E-state index in [1.54, 1.807) is 10.9 Å². The Bertz CT molecular complexity index is 796. The number of likely N-dealkylation sites (tertiary alicyclic amines) is 1. The fourth-order valence-corrected chi connectivity index (χ4v) is 2.99. The summed E-state index contributed by atoms with van der Waals surface area (Å²) in [7, 11) is 0. The van der Waals surface area contributed by atoms with Gasteiger partial charge in [-0.2, -0.15) is 5.26 Å². The van der Waals surface area contributed by atoms with E-state index in [0.717, 1.165) is 26.2 Å². The average molecular weight is 336 g/mol. The molecule has 25 heavy (non-hydrogen) atoms. The van der Waals surface area contributed by atoms with Gasteiger partial charge in [-0.25, -0.2) is 4.68 Å². The zero-order valence-electron chi connectivity index (χ0n) is 13.9. The van der Waals surface area contributed by atoms with Crippen LogP contribution in [0.3, 0.4) is 0 Å². The molecule has 7 nitrogen and oxygen atoms in total. The Morgan fingerprint density at radius 3 is 2.72 bits per heavy atom. The van der Waals surface area contributed by atoms with Gasteiger partial charge in [0.25, 0.3) is 5.91 Å². The van der Waals surface area contributed by atoms with Crippen LogP contribution in [0.15, 0.2) is 30.5 Å². The minimum absolute atomic E-state index is 0.132. The standard InChI is InChI=1S/C18H20N6O/c19-7-13-1-5-15(6-2-13)9-23-10-16(11-23)24-12-17(21-22-24)18(25)20-8-14-3-4-14/h1-2,5-6,12,14,16H,3-4,8-11H2,(H,20,25). The maximum Gasteiger partial charge on any atom is 0.273 e. The van der Waals surface area contributed by atoms with Gasteiger partial charge >= 0.3 is 0 Å². The van der Waals surface area contributed by atoms with Gasteiger partial charge in [0.15, 0.2) is 5.69 Å². The molecule has 1 aliphatic heterocycles. The molecule has 4 rings (SSSR count). The van der Waals surface area contributed by atoms with Gasteiger partial charge < -0.3 is 5.32 Å². The molecule has 2 fully saturated rings. The van der Waals surface area contributed by atoms with Crippen LogP contribution in [0.5, 0.6) is 0 Å². The molecule has 0 radical (unpaired) electrons. The smallest absolute Gasteiger partial charge is 0.273 e. The number of hydrogen-bond acceptors (Lipinski definition) is 5. The molecule has 1 saturated carbocycles. The normalized spacial score (nSPS) is 17.7. The van der Waals surface area contributed by atoms with Gasteiger partial charge in [-0.15, -0.1) is 5.10 Å². The van der Waals surface area contributed by atoms with E-state index in [0.29, 0.717) is 17.2 Å². The highest BCUT2D eigenvalue weighted by atomic mass is 16.2. The summed E-state index contributed by atoms with van der Waals surface area (Å²) in [6.45, 7) is 3.36. The third-order valence-electron chi connectivity index (χ3n) is 4.79. The molecule has 2 aliphatic rings. The van der Waals surface area contributed by atoms with E-state index in [4.69, 9.17) is 5.26 Å². The number of hydrogen-bond donors (Lipinski definition) is 1. The Kier molecular flexibility index (Phi) is 4.20. The van der Waals surface area contributed by atoms with Gasteiger partial charge in [0, 0.05) is 26.2 Å². The molecule has 1 saturated heterocycles. The van der Waals surface area contributed by atoms with E-state index in [2.05, 4.69) is 26.6 Å². The zero-order chi connectivity index (χ0) is 17.2. The minimum atomic E-state index is -0.132. The first kappa shape index (κ1) is 15.8. The topological polar surface area (TPSA) is 86.8 Å². The summed E-state index contributed by atoms with van der Waals surface area (Å²) >= 11 is 0. The van der Waals surface area contributed by atoms with Crippen molar-refractivity contribution in [2.45, 2.75) is 25.4 Å². The highest BCUT2D eigenvalue weighted by molar-refractivity contribution is 5.91. The summed E-state index contributed by atoms with van der Waals surface area (Å²) in [4.78, 5) is 14.3. The van der Waals surface area contributed by atoms with Crippen molar-refractivity contribution in [2.75, 3.05) is 19.6 Å². The van der Waals surface area contributed by atoms with Crippen molar-refractivity contribution in [2.24, 2.45) is 5.92 Å². The number of nitriles is 1. The van der Waals surface area contributed by atoms with Crippen LogP contribution in [0.4, 0.5) is 0 Å². The van der Waals surface area contributed by atoms with Crippen LogP contribution in [0, 0.1) is 17.2 Å². The SMILES string of the molecule is N#Cc1ccc(CN2CC(n3cc(C(=O)NCC4CC4)nn3)C2)cc1. The summed E-state index contributed by atoms with van der Waals surface area (Å²) in [5, 5.41) is 19.8. The highest BCUT2D eigenvalue weighted by Gasteiger charge is 2.30. The molecule has 0 spiro atoms. The Morgan fingerprint density at radius 2 is 2.04 bits per heavy atom. The van der Waals surface area contributed by atoms with E-state index < -0.39 is 0 Å². The van der Waals surface area contributed by atoms with Gasteiger partial charge in [0.2, 0.25) is 0 Å². The largest absolute Gasteiger partial charge is 0.350 e. The summed E-state index contributed by atoms with van der Waals surface area (Å²) in [6.07, 6.45) is 4.17. The summed E-state index contributed by atoms with van der Waals surface area (Å²) in [6, 6.07) is 10.1. The maximum absolute atomic E-state index is 12.0. The Hall–Kier alpha value is -2.72. The third-order valence-corrected chi connectivity index (χ3v) is 4.79. The van der Waals surface area contributed by atoms with E-state index in [9.17, 15) is 4.79 Å². The molecule has 2 aromatic rings. The van der Waals surface area contributed by atoms with Crippen LogP contribution in [0.2, 0.25) is 0 Å². The second-order valence-electron chi connectivity index (χ2n) is 6.89. The van der Waals surface area contributed by atoms with Crippen LogP contribution in [0.25, 0.3) is 0 Å². The number of nitrogens with zero attached hydrogens (tertiary/aromatic N) is 5. The van der Waals surface area contributed by atoms with Crippen molar-refractivity contribution in [1.29, 1.82) is 5.26 Å². The lowest BCUT2D eigenvalue weighted by Gasteiger charge is -2.38. The van der Waals surface area contributed by atoms with Gasteiger partial charge in [-0.1, -0.05) is 17.3 Å². The van der Waals surface area contributed by atoms with Crippen molar-refractivity contribution in [3.8, 4) is 6.07 Å². The van der Waals surface area contributed by atoms with Crippen LogP contribution in [-0.2, 0) is 6.54 Å². The molecular weight excluding hydrogens is 316 g/mol. The molecular formula is C18H20N6O. The van der Waals surface area contributed by atoms with Gasteiger partial charge in [0.1, 0.15) is 0 Å². The monoisotopic (exact) mass is 336 g/mol. The van der Waals surface area contributed by atoms with Crippen molar-refractivity contribution in [3.05, 3.63) is 47.3 Å². The number of amides is 1. The molecule has 1 amide bonds. The molecule has 7 heteroatoms. The number of carbonyl (C=O) groups excluding carboxylic acids is 1. The van der Waals surface area contributed by atoms with Gasteiger partial charge in [0.05, 0.1) is 23.9 Å². The predicted molar refractivity (Wildman–Crippen MR) is 90.6 cm³/mol. The second-order valence-corrected chi connectivity index (χ2v) is 6.89. The van der Waals surface area contributed by atoms with Crippen LogP contribution in [0.1, 0.15) is 40.5 Å². The van der Waals surface area contributed by atoms with Crippen molar-refractivity contribution in [3.63, 3.8) is 0 Å². The molecule has 0 atom stereocenters. The van der Waals surface area contributed by atoms with Crippen molar-refractivity contribution >= 4 is 5.91 Å². The number of nitrogens with one attached hydrogen (secondary N) is 1. The summed E-state index contributed by atoms with van der Waals surface area (Å²) in [5.74, 6) is 0.522. The lowest BCUT2D eigenvalue weighted by Crippen LogP contribution is -2.47. The molecule has 1 aliphatic carbocycles. The van der Waals surface area contributed by atoms with Crippen LogP contribution < -0.4 is 5.32 Å². The molecule has 1 N–H and O–H groups in total. The first-order chi connectivity index (χ1) is 12.2. The second kappa shape index (κ2) is 6.65. The number of aromatic nitrogens is 3. The molecule has 2 heterocycles. The lowest BCUT2D eigenvalue weighted by molar-refractivity contribution is 0.0895. The molecule has 0 unspecified atom stereocenters. The number of carbonyl (C=O) groups is 1. The molecule has 1 aromatic heterocycles. The summed E-state index contributed by atoms with van der Waals surface area (Å²) < 4.78 is 1.79. The number of benzene rings is 1. The quantitative estimate of drug-likeness (QED) is 0.860. The molecule has 128 valence electrons. The van der Waals surface area contributed by atoms with Crippen LogP contribution >= 0.6 is 0 Å². The Morgan fingerprint density at radius 1 is 1.28 bits per heavy atom. The Labute approximate surface area is 146 Å². The third kappa shape index (κ3) is 3.69. The van der Waals surface area contributed by atoms with E-state index >= 15 is 0 Å². The lowest BCUT2D eigenvalue weighted by atomic mass is 10.1. The molecule has 1 aromatic carbocycles. The maximum atomic E-state index is 12.0. The van der Waals surface area contributed by atoms with Crippen molar-refractivity contribution in [1.82, 2.24) is 25.2 Å². The molecule has 0 bridgehead atoms. The van der Waals surface area contributed by atoms with E-state index in [-0.39, 0.29) is 11.9 Å². The number of rotatable bonds is 6. The van der Waals surface area contributed by atoms with E-state index in [1.807, 2.05) is 24.3 Å². The van der Waals surface area contributed by atoms with Crippen molar-refractivity contribution < 1.29 is 4.79 Å². The Balaban J connectivity index is 1.27. The van der Waals surface area contributed by atoms with E-state index in [1.165, 1.54) is 18.4 Å². The predicted octanol–water partition coefficient (Wildman–Crippen LogP) is 1.35.